The number of hydrogen-bond acceptors (Lipinski definition) is 4. The molecule has 0 fully saturated rings. The third-order valence-corrected chi connectivity index (χ3v) is 3.09. The van der Waals surface area contributed by atoms with Crippen LogP contribution in [0.15, 0.2) is 18.2 Å². The van der Waals surface area contributed by atoms with Crippen LogP contribution in [0, 0.1) is 0 Å². The van der Waals surface area contributed by atoms with Crippen LogP contribution in [0.5, 0.6) is 11.5 Å². The number of benzene rings is 1. The average Bonchev–Trinajstić information content (AvgIpc) is 2.40. The molecule has 0 bridgehead atoms. The molecule has 0 aliphatic carbocycles. The van der Waals surface area contributed by atoms with Crippen molar-refractivity contribution >= 4 is 33.3 Å². The van der Waals surface area contributed by atoms with Gasteiger partial charge in [-0.2, -0.15) is 0 Å². The van der Waals surface area contributed by atoms with Crippen LogP contribution in [0.25, 0.3) is 0 Å². The maximum atomic E-state index is 11.8. The zero-order chi connectivity index (χ0) is 16.7. The first-order valence-corrected chi connectivity index (χ1v) is 8.28. The molecule has 1 amide bonds. The van der Waals surface area contributed by atoms with Crippen LogP contribution in [0.4, 0.5) is 5.69 Å². The smallest absolute Gasteiger partial charge is 0.231 e. The van der Waals surface area contributed by atoms with Crippen LogP contribution in [0.3, 0.4) is 0 Å². The summed E-state index contributed by atoms with van der Waals surface area (Å²) in [7, 11) is 0. The number of anilines is 1. The second-order valence-corrected chi connectivity index (χ2v) is 5.95. The molecule has 1 aromatic rings. The molecule has 0 aliphatic rings. The Hall–Kier alpha value is -1.56. The van der Waals surface area contributed by atoms with Gasteiger partial charge in [-0.1, -0.05) is 15.9 Å². The molecule has 1 aromatic carbocycles. The molecule has 5 nitrogen and oxygen atoms in total. The van der Waals surface area contributed by atoms with E-state index >= 15 is 0 Å². The molecule has 0 saturated heterocycles. The van der Waals surface area contributed by atoms with Gasteiger partial charge in [0.15, 0.2) is 5.78 Å². The fraction of sp³-hybridized carbons (Fsp3) is 0.500. The van der Waals surface area contributed by atoms with Gasteiger partial charge in [-0.05, 0) is 39.8 Å². The van der Waals surface area contributed by atoms with E-state index < -0.39 is 0 Å². The number of ether oxygens (including phenoxy) is 2. The number of carbonyl (C=O) groups excluding carboxylic acids is 2. The molecule has 0 radical (unpaired) electrons. The molecule has 0 spiro atoms. The first-order valence-electron chi connectivity index (χ1n) is 7.16. The lowest BCUT2D eigenvalue weighted by atomic mass is 10.2. The molecule has 0 atom stereocenters. The second kappa shape index (κ2) is 8.78. The maximum absolute atomic E-state index is 11.8. The third kappa shape index (κ3) is 6.47. The van der Waals surface area contributed by atoms with Crippen LogP contribution in [-0.2, 0) is 9.59 Å². The summed E-state index contributed by atoms with van der Waals surface area (Å²) in [5.41, 5.74) is 0.525. The van der Waals surface area contributed by atoms with E-state index in [-0.39, 0.29) is 35.6 Å². The summed E-state index contributed by atoms with van der Waals surface area (Å²) < 4.78 is 11.3. The van der Waals surface area contributed by atoms with E-state index in [0.29, 0.717) is 17.2 Å². The van der Waals surface area contributed by atoms with Crippen LogP contribution in [0.2, 0.25) is 0 Å². The van der Waals surface area contributed by atoms with E-state index in [1.54, 1.807) is 18.2 Å². The summed E-state index contributed by atoms with van der Waals surface area (Å²) in [5.74, 6) is 0.646. The molecule has 1 N–H and O–H groups in total. The summed E-state index contributed by atoms with van der Waals surface area (Å²) in [6.07, 6.45) is -0.172. The number of hydrogen-bond donors (Lipinski definition) is 1. The fourth-order valence-corrected chi connectivity index (χ4v) is 1.92. The Morgan fingerprint density at radius 2 is 1.77 bits per heavy atom. The summed E-state index contributed by atoms with van der Waals surface area (Å²) in [6, 6.07) is 5.21. The molecular weight excluding hydrogens is 350 g/mol. The van der Waals surface area contributed by atoms with Crippen molar-refractivity contribution in [2.75, 3.05) is 10.6 Å². The zero-order valence-electron chi connectivity index (χ0n) is 13.3. The molecule has 1 rings (SSSR count). The Morgan fingerprint density at radius 1 is 1.14 bits per heavy atom. The van der Waals surface area contributed by atoms with Crippen molar-refractivity contribution in [1.29, 1.82) is 0 Å². The van der Waals surface area contributed by atoms with Crippen molar-refractivity contribution in [2.24, 2.45) is 0 Å². The Kier molecular flexibility index (Phi) is 7.38. The molecular formula is C16H22BrNO4. The first kappa shape index (κ1) is 18.5. The molecule has 0 aliphatic heterocycles. The summed E-state index contributed by atoms with van der Waals surface area (Å²) in [6.45, 7) is 7.67. The molecule has 0 aromatic heterocycles. The minimum absolute atomic E-state index is 0.0453. The minimum Gasteiger partial charge on any atom is -0.491 e. The van der Waals surface area contributed by atoms with E-state index in [9.17, 15) is 9.59 Å². The quantitative estimate of drug-likeness (QED) is 0.560. The van der Waals surface area contributed by atoms with Crippen LogP contribution in [0.1, 0.15) is 34.1 Å². The highest BCUT2D eigenvalue weighted by molar-refractivity contribution is 9.09. The average molecular weight is 372 g/mol. The van der Waals surface area contributed by atoms with Crippen molar-refractivity contribution in [1.82, 2.24) is 0 Å². The number of ketones is 1. The predicted molar refractivity (Wildman–Crippen MR) is 90.0 cm³/mol. The second-order valence-electron chi connectivity index (χ2n) is 5.39. The maximum Gasteiger partial charge on any atom is 0.231 e. The van der Waals surface area contributed by atoms with Gasteiger partial charge in [0.25, 0.3) is 0 Å². The highest BCUT2D eigenvalue weighted by Gasteiger charge is 2.13. The SMILES string of the molecule is CC(C)Oc1ccc(NC(=O)CC(=O)CBr)c(OC(C)C)c1. The Balaban J connectivity index is 2.92. The van der Waals surface area contributed by atoms with Gasteiger partial charge in [0.2, 0.25) is 5.91 Å². The number of halogens is 1. The number of carbonyl (C=O) groups is 2. The lowest BCUT2D eigenvalue weighted by Gasteiger charge is -2.17. The Morgan fingerprint density at radius 3 is 2.32 bits per heavy atom. The first-order chi connectivity index (χ1) is 10.3. The van der Waals surface area contributed by atoms with Gasteiger partial charge in [0.1, 0.15) is 11.5 Å². The Labute approximate surface area is 139 Å². The standard InChI is InChI=1S/C16H22BrNO4/c1-10(2)21-13-5-6-14(15(8-13)22-11(3)4)18-16(20)7-12(19)9-17/h5-6,8,10-11H,7,9H2,1-4H3,(H,18,20). The van der Waals surface area contributed by atoms with Gasteiger partial charge >= 0.3 is 0 Å². The fourth-order valence-electron chi connectivity index (χ4n) is 1.72. The van der Waals surface area contributed by atoms with E-state index in [2.05, 4.69) is 21.2 Å². The van der Waals surface area contributed by atoms with Crippen molar-refractivity contribution < 1.29 is 19.1 Å². The van der Waals surface area contributed by atoms with Gasteiger partial charge in [-0.3, -0.25) is 9.59 Å². The molecule has 6 heteroatoms. The third-order valence-electron chi connectivity index (χ3n) is 2.47. The molecule has 0 heterocycles. The number of nitrogens with one attached hydrogen (secondary N) is 1. The normalized spacial score (nSPS) is 10.7. The van der Waals surface area contributed by atoms with Crippen molar-refractivity contribution in [3.05, 3.63) is 18.2 Å². The van der Waals surface area contributed by atoms with Gasteiger partial charge < -0.3 is 14.8 Å². The Bertz CT molecular complexity index is 529. The summed E-state index contributed by atoms with van der Waals surface area (Å²) in [5, 5.41) is 2.86. The highest BCUT2D eigenvalue weighted by Crippen LogP contribution is 2.31. The predicted octanol–water partition coefficient (Wildman–Crippen LogP) is 3.55. The monoisotopic (exact) mass is 371 g/mol. The van der Waals surface area contributed by atoms with Crippen molar-refractivity contribution in [3.8, 4) is 11.5 Å². The molecule has 0 unspecified atom stereocenters. The van der Waals surface area contributed by atoms with Gasteiger partial charge in [-0.15, -0.1) is 0 Å². The van der Waals surface area contributed by atoms with E-state index in [1.165, 1.54) is 0 Å². The van der Waals surface area contributed by atoms with Crippen molar-refractivity contribution in [3.63, 3.8) is 0 Å². The lowest BCUT2D eigenvalue weighted by molar-refractivity contribution is -0.123. The summed E-state index contributed by atoms with van der Waals surface area (Å²) in [4.78, 5) is 23.1. The highest BCUT2D eigenvalue weighted by atomic mass is 79.9. The van der Waals surface area contributed by atoms with E-state index in [1.807, 2.05) is 27.7 Å². The van der Waals surface area contributed by atoms with E-state index in [4.69, 9.17) is 9.47 Å². The zero-order valence-corrected chi connectivity index (χ0v) is 14.9. The van der Waals surface area contributed by atoms with Gasteiger partial charge in [0.05, 0.1) is 29.6 Å². The molecule has 122 valence electrons. The van der Waals surface area contributed by atoms with E-state index in [0.717, 1.165) is 0 Å². The summed E-state index contributed by atoms with van der Waals surface area (Å²) >= 11 is 3.04. The molecule has 0 saturated carbocycles. The lowest BCUT2D eigenvalue weighted by Crippen LogP contribution is -2.18. The van der Waals surface area contributed by atoms with Crippen LogP contribution < -0.4 is 14.8 Å². The molecule has 22 heavy (non-hydrogen) atoms. The van der Waals surface area contributed by atoms with Crippen LogP contribution in [-0.4, -0.2) is 29.2 Å². The van der Waals surface area contributed by atoms with Crippen molar-refractivity contribution in [2.45, 2.75) is 46.3 Å². The number of Topliss-reactive ketones (excluding diaryl/α,β-unsaturated/α-hetero) is 1. The van der Waals surface area contributed by atoms with Gasteiger partial charge in [0, 0.05) is 6.07 Å². The number of rotatable bonds is 8. The largest absolute Gasteiger partial charge is 0.491 e. The van der Waals surface area contributed by atoms with Gasteiger partial charge in [-0.25, -0.2) is 0 Å². The number of alkyl halides is 1. The number of amides is 1. The van der Waals surface area contributed by atoms with Crippen LogP contribution >= 0.6 is 15.9 Å². The minimum atomic E-state index is -0.365. The topological polar surface area (TPSA) is 64.6 Å².